The molecule has 1 aliphatic rings. The Hall–Kier alpha value is -3.43. The number of hydrogen-bond acceptors (Lipinski definition) is 9. The van der Waals surface area contributed by atoms with Crippen LogP contribution in [0.15, 0.2) is 24.3 Å². The van der Waals surface area contributed by atoms with Gasteiger partial charge in [-0.1, -0.05) is 12.1 Å². The lowest BCUT2D eigenvalue weighted by Gasteiger charge is -2.28. The van der Waals surface area contributed by atoms with E-state index in [9.17, 15) is 9.59 Å². The number of hydrogen-bond donors (Lipinski definition) is 1. The molecule has 1 aromatic heterocycles. The maximum Gasteiger partial charge on any atom is 0.308 e. The van der Waals surface area contributed by atoms with Gasteiger partial charge in [0.15, 0.2) is 19.0 Å². The minimum atomic E-state index is -0.475. The van der Waals surface area contributed by atoms with Gasteiger partial charge < -0.3 is 25.0 Å². The smallest absolute Gasteiger partial charge is 0.308 e. The highest BCUT2D eigenvalue weighted by atomic mass is 16.5. The normalized spacial score (nSPS) is 13.0. The van der Waals surface area contributed by atoms with E-state index in [0.717, 1.165) is 0 Å². The predicted octanol–water partition coefficient (Wildman–Crippen LogP) is 0.379. The second-order valence-corrected chi connectivity index (χ2v) is 6.02. The SMILES string of the molecule is CN(C)c1nc(N)nc(COC(=O)CCN2C(=O)COc3ccccc32)n1. The number of fused-ring (bicyclic) bond motifs is 1. The molecule has 0 saturated carbocycles. The highest BCUT2D eigenvalue weighted by molar-refractivity contribution is 5.98. The van der Waals surface area contributed by atoms with Gasteiger partial charge in [-0.3, -0.25) is 9.59 Å². The average molecular weight is 372 g/mol. The average Bonchev–Trinajstić information content (AvgIpc) is 2.65. The molecule has 0 unspecified atom stereocenters. The standard InChI is InChI=1S/C17H20N6O4/c1-22(2)17-20-13(19-16(18)21-17)9-27-15(25)7-8-23-11-5-3-4-6-12(11)26-10-14(23)24/h3-6H,7-10H2,1-2H3,(H2,18,19,20,21). The largest absolute Gasteiger partial charge is 0.482 e. The van der Waals surface area contributed by atoms with E-state index in [2.05, 4.69) is 15.0 Å². The highest BCUT2D eigenvalue weighted by Gasteiger charge is 2.25. The zero-order valence-corrected chi connectivity index (χ0v) is 15.1. The van der Waals surface area contributed by atoms with Gasteiger partial charge in [-0.25, -0.2) is 0 Å². The number of ether oxygens (including phenoxy) is 2. The van der Waals surface area contributed by atoms with Crippen molar-refractivity contribution in [3.63, 3.8) is 0 Å². The fourth-order valence-corrected chi connectivity index (χ4v) is 2.51. The van der Waals surface area contributed by atoms with Crippen LogP contribution in [0.2, 0.25) is 0 Å². The Morgan fingerprint density at radius 1 is 1.30 bits per heavy atom. The van der Waals surface area contributed by atoms with E-state index in [1.54, 1.807) is 37.2 Å². The van der Waals surface area contributed by atoms with Crippen LogP contribution in [-0.4, -0.2) is 54.1 Å². The van der Waals surface area contributed by atoms with Crippen molar-refractivity contribution >= 4 is 29.5 Å². The number of para-hydroxylation sites is 2. The first-order valence-corrected chi connectivity index (χ1v) is 8.29. The van der Waals surface area contributed by atoms with E-state index < -0.39 is 5.97 Å². The molecule has 1 aromatic carbocycles. The third kappa shape index (κ3) is 4.40. The Bertz CT molecular complexity index is 857. The lowest BCUT2D eigenvalue weighted by Crippen LogP contribution is -2.40. The Morgan fingerprint density at radius 2 is 2.07 bits per heavy atom. The summed E-state index contributed by atoms with van der Waals surface area (Å²) < 4.78 is 10.6. The molecule has 3 rings (SSSR count). The number of amides is 1. The van der Waals surface area contributed by atoms with Crippen molar-refractivity contribution in [1.29, 1.82) is 0 Å². The molecule has 1 aliphatic heterocycles. The molecule has 0 radical (unpaired) electrons. The summed E-state index contributed by atoms with van der Waals surface area (Å²) in [6.45, 7) is 0.0177. The quantitative estimate of drug-likeness (QED) is 0.716. The molecule has 0 aliphatic carbocycles. The molecule has 2 N–H and O–H groups in total. The summed E-state index contributed by atoms with van der Waals surface area (Å²) in [4.78, 5) is 39.4. The van der Waals surface area contributed by atoms with Gasteiger partial charge in [0, 0.05) is 20.6 Å². The minimum absolute atomic E-state index is 0.0289. The Morgan fingerprint density at radius 3 is 2.85 bits per heavy atom. The second kappa shape index (κ2) is 7.85. The van der Waals surface area contributed by atoms with Gasteiger partial charge in [-0.05, 0) is 12.1 Å². The van der Waals surface area contributed by atoms with Crippen LogP contribution in [0.1, 0.15) is 12.2 Å². The van der Waals surface area contributed by atoms with Crippen LogP contribution in [0, 0.1) is 0 Å². The van der Waals surface area contributed by atoms with Gasteiger partial charge in [0.25, 0.3) is 5.91 Å². The third-order valence-corrected chi connectivity index (χ3v) is 3.80. The molecule has 2 heterocycles. The molecule has 0 bridgehead atoms. The molecular formula is C17H20N6O4. The number of nitrogens with zero attached hydrogens (tertiary/aromatic N) is 5. The number of carbonyl (C=O) groups is 2. The molecule has 0 spiro atoms. The molecule has 10 heteroatoms. The van der Waals surface area contributed by atoms with E-state index in [4.69, 9.17) is 15.2 Å². The maximum absolute atomic E-state index is 12.1. The third-order valence-electron chi connectivity index (χ3n) is 3.80. The number of aromatic nitrogens is 3. The van der Waals surface area contributed by atoms with E-state index in [0.29, 0.717) is 17.4 Å². The fourth-order valence-electron chi connectivity index (χ4n) is 2.51. The first kappa shape index (κ1) is 18.4. The number of carbonyl (C=O) groups excluding carboxylic acids is 2. The number of anilines is 3. The Balaban J connectivity index is 1.57. The number of nitrogen functional groups attached to an aromatic ring is 1. The van der Waals surface area contributed by atoms with Crippen LogP contribution in [0.25, 0.3) is 0 Å². The monoisotopic (exact) mass is 372 g/mol. The van der Waals surface area contributed by atoms with Crippen molar-refractivity contribution < 1.29 is 19.1 Å². The van der Waals surface area contributed by atoms with E-state index in [1.807, 2.05) is 6.07 Å². The summed E-state index contributed by atoms with van der Waals surface area (Å²) in [6.07, 6.45) is 0.0289. The van der Waals surface area contributed by atoms with Crippen LogP contribution in [-0.2, 0) is 20.9 Å². The zero-order chi connectivity index (χ0) is 19.4. The summed E-state index contributed by atoms with van der Waals surface area (Å²) in [5.74, 6) is 0.619. The zero-order valence-electron chi connectivity index (χ0n) is 15.1. The second-order valence-electron chi connectivity index (χ2n) is 6.02. The number of benzene rings is 1. The Labute approximate surface area is 155 Å². The van der Waals surface area contributed by atoms with Gasteiger partial charge >= 0.3 is 5.97 Å². The fraction of sp³-hybridized carbons (Fsp3) is 0.353. The van der Waals surface area contributed by atoms with Crippen LogP contribution < -0.4 is 20.3 Å². The number of nitrogens with two attached hydrogens (primary N) is 1. The van der Waals surface area contributed by atoms with Gasteiger partial charge in [-0.15, -0.1) is 0 Å². The summed E-state index contributed by atoms with van der Waals surface area (Å²) in [6, 6.07) is 7.18. The van der Waals surface area contributed by atoms with Crippen molar-refractivity contribution in [1.82, 2.24) is 15.0 Å². The summed E-state index contributed by atoms with van der Waals surface area (Å²) in [7, 11) is 3.53. The van der Waals surface area contributed by atoms with E-state index in [-0.39, 0.29) is 43.9 Å². The molecular weight excluding hydrogens is 352 g/mol. The van der Waals surface area contributed by atoms with E-state index in [1.165, 1.54) is 4.90 Å². The predicted molar refractivity (Wildman–Crippen MR) is 97.3 cm³/mol. The minimum Gasteiger partial charge on any atom is -0.482 e. The molecule has 27 heavy (non-hydrogen) atoms. The summed E-state index contributed by atoms with van der Waals surface area (Å²) >= 11 is 0. The first-order chi connectivity index (χ1) is 12.9. The van der Waals surface area contributed by atoms with Gasteiger partial charge in [0.2, 0.25) is 11.9 Å². The van der Waals surface area contributed by atoms with Crippen molar-refractivity contribution in [3.8, 4) is 5.75 Å². The van der Waals surface area contributed by atoms with Gasteiger partial charge in [0.1, 0.15) is 5.75 Å². The van der Waals surface area contributed by atoms with Crippen molar-refractivity contribution in [2.45, 2.75) is 13.0 Å². The maximum atomic E-state index is 12.1. The van der Waals surface area contributed by atoms with E-state index >= 15 is 0 Å². The lowest BCUT2D eigenvalue weighted by molar-refractivity contribution is -0.145. The van der Waals surface area contributed by atoms with Crippen molar-refractivity contribution in [3.05, 3.63) is 30.1 Å². The molecule has 1 amide bonds. The molecule has 142 valence electrons. The van der Waals surface area contributed by atoms with Crippen LogP contribution >= 0.6 is 0 Å². The van der Waals surface area contributed by atoms with Gasteiger partial charge in [0.05, 0.1) is 12.1 Å². The highest BCUT2D eigenvalue weighted by Crippen LogP contribution is 2.31. The topological polar surface area (TPSA) is 124 Å². The summed E-state index contributed by atoms with van der Waals surface area (Å²) in [5.41, 5.74) is 6.28. The van der Waals surface area contributed by atoms with Crippen molar-refractivity contribution in [2.75, 3.05) is 42.8 Å². The van der Waals surface area contributed by atoms with Crippen LogP contribution in [0.5, 0.6) is 5.75 Å². The van der Waals surface area contributed by atoms with Crippen LogP contribution in [0.4, 0.5) is 17.6 Å². The molecule has 0 atom stereocenters. The number of esters is 1. The molecule has 0 fully saturated rings. The lowest BCUT2D eigenvalue weighted by atomic mass is 10.2. The molecule has 10 nitrogen and oxygen atoms in total. The Kier molecular flexibility index (Phi) is 5.34. The molecule has 2 aromatic rings. The van der Waals surface area contributed by atoms with Crippen LogP contribution in [0.3, 0.4) is 0 Å². The molecule has 0 saturated heterocycles. The van der Waals surface area contributed by atoms with Gasteiger partial charge in [-0.2, -0.15) is 15.0 Å². The van der Waals surface area contributed by atoms with Crippen molar-refractivity contribution in [2.24, 2.45) is 0 Å². The first-order valence-electron chi connectivity index (χ1n) is 8.29. The number of rotatable bonds is 6. The summed E-state index contributed by atoms with van der Waals surface area (Å²) in [5, 5.41) is 0.